The number of pyridine rings is 1. The third-order valence-corrected chi connectivity index (χ3v) is 1.61. The van der Waals surface area contributed by atoms with Crippen molar-refractivity contribution >= 4 is 11.7 Å². The fraction of sp³-hybridized carbons (Fsp3) is 0.143. The molecule has 0 radical (unpaired) electrons. The lowest BCUT2D eigenvalue weighted by atomic mass is 10.2. The summed E-state index contributed by atoms with van der Waals surface area (Å²) in [5, 5.41) is 18.9. The lowest BCUT2D eigenvalue weighted by molar-refractivity contribution is -0.387. The van der Waals surface area contributed by atoms with Crippen LogP contribution in [-0.4, -0.2) is 21.0 Å². The second-order valence-electron chi connectivity index (χ2n) is 2.59. The van der Waals surface area contributed by atoms with Gasteiger partial charge in [0.2, 0.25) is 11.6 Å². The second kappa shape index (κ2) is 4.13. The van der Waals surface area contributed by atoms with Crippen LogP contribution >= 0.6 is 0 Å². The Hall–Kier alpha value is -2.19. The summed E-state index contributed by atoms with van der Waals surface area (Å²) in [6.45, 7) is 0. The van der Waals surface area contributed by atoms with E-state index in [-0.39, 0.29) is 6.07 Å². The van der Waals surface area contributed by atoms with Crippen molar-refractivity contribution in [1.82, 2.24) is 4.98 Å². The fourth-order valence-corrected chi connectivity index (χ4v) is 1.03. The van der Waals surface area contributed by atoms with Gasteiger partial charge in [-0.05, 0) is 0 Å². The highest BCUT2D eigenvalue weighted by Gasteiger charge is 2.31. The third-order valence-electron chi connectivity index (χ3n) is 1.61. The van der Waals surface area contributed by atoms with Crippen molar-refractivity contribution < 1.29 is 28.0 Å². The molecule has 0 fully saturated rings. The smallest absolute Gasteiger partial charge is 0.361 e. The van der Waals surface area contributed by atoms with Gasteiger partial charge in [0.05, 0.1) is 4.92 Å². The van der Waals surface area contributed by atoms with E-state index in [1.165, 1.54) is 0 Å². The van der Waals surface area contributed by atoms with E-state index in [9.17, 15) is 28.1 Å². The van der Waals surface area contributed by atoms with Crippen LogP contribution in [0.3, 0.4) is 0 Å². The molecule has 0 saturated heterocycles. The monoisotopic (exact) mass is 236 g/mol. The summed E-state index contributed by atoms with van der Waals surface area (Å²) in [5.41, 5.74) is -4.06. The average molecular weight is 236 g/mol. The Kier molecular flexibility index (Phi) is 3.06. The first-order valence-electron chi connectivity index (χ1n) is 3.71. The molecule has 0 unspecified atom stereocenters. The summed E-state index contributed by atoms with van der Waals surface area (Å²) < 4.78 is 37.3. The molecular weight excluding hydrogens is 233 g/mol. The molecule has 0 amide bonds. The van der Waals surface area contributed by atoms with Crippen molar-refractivity contribution in [3.63, 3.8) is 0 Å². The van der Waals surface area contributed by atoms with Crippen molar-refractivity contribution in [1.29, 1.82) is 0 Å². The van der Waals surface area contributed by atoms with Crippen LogP contribution in [0.5, 0.6) is 0 Å². The SMILES string of the molecule is O=C(O)c1nc(F)cc(C(F)F)c1[N+](=O)[O-]. The zero-order chi connectivity index (χ0) is 12.5. The van der Waals surface area contributed by atoms with Gasteiger partial charge in [-0.1, -0.05) is 0 Å². The third kappa shape index (κ3) is 2.07. The quantitative estimate of drug-likeness (QED) is 0.490. The molecule has 0 saturated carbocycles. The van der Waals surface area contributed by atoms with Gasteiger partial charge in [-0.3, -0.25) is 10.1 Å². The average Bonchev–Trinajstić information content (AvgIpc) is 2.15. The molecule has 0 aliphatic heterocycles. The number of hydrogen-bond donors (Lipinski definition) is 1. The van der Waals surface area contributed by atoms with Gasteiger partial charge < -0.3 is 5.11 Å². The highest BCUT2D eigenvalue weighted by molar-refractivity contribution is 5.90. The number of rotatable bonds is 3. The van der Waals surface area contributed by atoms with E-state index < -0.39 is 40.2 Å². The molecule has 6 nitrogen and oxygen atoms in total. The zero-order valence-corrected chi connectivity index (χ0v) is 7.35. The van der Waals surface area contributed by atoms with Gasteiger partial charge in [0.25, 0.3) is 6.43 Å². The highest BCUT2D eigenvalue weighted by Crippen LogP contribution is 2.31. The second-order valence-corrected chi connectivity index (χ2v) is 2.59. The van der Waals surface area contributed by atoms with Crippen molar-refractivity contribution in [3.8, 4) is 0 Å². The highest BCUT2D eigenvalue weighted by atomic mass is 19.3. The molecule has 0 spiro atoms. The van der Waals surface area contributed by atoms with Crippen LogP contribution < -0.4 is 0 Å². The van der Waals surface area contributed by atoms with Gasteiger partial charge in [-0.2, -0.15) is 4.39 Å². The lowest BCUT2D eigenvalue weighted by Crippen LogP contribution is -2.10. The van der Waals surface area contributed by atoms with Gasteiger partial charge in [0.1, 0.15) is 5.56 Å². The van der Waals surface area contributed by atoms with E-state index in [4.69, 9.17) is 5.11 Å². The minimum Gasteiger partial charge on any atom is -0.476 e. The van der Waals surface area contributed by atoms with Crippen molar-refractivity contribution in [2.24, 2.45) is 0 Å². The van der Waals surface area contributed by atoms with E-state index in [2.05, 4.69) is 4.98 Å². The number of aromatic carboxylic acids is 1. The first-order chi connectivity index (χ1) is 7.34. The number of carbonyl (C=O) groups is 1. The Labute approximate surface area is 85.5 Å². The first-order valence-corrected chi connectivity index (χ1v) is 3.71. The number of carboxylic acids is 1. The minimum absolute atomic E-state index is 0.134. The van der Waals surface area contributed by atoms with Gasteiger partial charge in [-0.15, -0.1) is 0 Å². The molecule has 1 aromatic rings. The van der Waals surface area contributed by atoms with Crippen molar-refractivity contribution in [3.05, 3.63) is 33.4 Å². The number of aromatic nitrogens is 1. The molecule has 1 heterocycles. The van der Waals surface area contributed by atoms with Crippen LogP contribution in [0.1, 0.15) is 22.5 Å². The van der Waals surface area contributed by atoms with Crippen LogP contribution in [-0.2, 0) is 0 Å². The topological polar surface area (TPSA) is 93.3 Å². The number of alkyl halides is 2. The Balaban J connectivity index is 3.60. The Morgan fingerprint density at radius 2 is 2.12 bits per heavy atom. The number of carboxylic acid groups (broad SMARTS) is 1. The maximum atomic E-state index is 12.7. The van der Waals surface area contributed by atoms with E-state index in [0.29, 0.717) is 0 Å². The van der Waals surface area contributed by atoms with Gasteiger partial charge in [0.15, 0.2) is 0 Å². The molecule has 1 aromatic heterocycles. The molecule has 86 valence electrons. The van der Waals surface area contributed by atoms with Crippen molar-refractivity contribution in [2.75, 3.05) is 0 Å². The largest absolute Gasteiger partial charge is 0.476 e. The molecule has 0 bridgehead atoms. The zero-order valence-electron chi connectivity index (χ0n) is 7.35. The molecule has 0 aliphatic rings. The van der Waals surface area contributed by atoms with E-state index in [1.807, 2.05) is 0 Å². The molecule has 16 heavy (non-hydrogen) atoms. The summed E-state index contributed by atoms with van der Waals surface area (Å²) in [5.74, 6) is -3.47. The van der Waals surface area contributed by atoms with Crippen LogP contribution in [0.25, 0.3) is 0 Å². The molecule has 9 heteroatoms. The maximum absolute atomic E-state index is 12.7. The molecule has 0 aromatic carbocycles. The Morgan fingerprint density at radius 1 is 1.56 bits per heavy atom. The lowest BCUT2D eigenvalue weighted by Gasteiger charge is -2.03. The summed E-state index contributed by atoms with van der Waals surface area (Å²) in [4.78, 5) is 22.2. The maximum Gasteiger partial charge on any atom is 0.361 e. The van der Waals surface area contributed by atoms with E-state index in [0.717, 1.165) is 0 Å². The molecule has 0 aliphatic carbocycles. The molecule has 1 rings (SSSR count). The van der Waals surface area contributed by atoms with E-state index in [1.54, 1.807) is 0 Å². The number of nitrogens with zero attached hydrogens (tertiary/aromatic N) is 2. The summed E-state index contributed by atoms with van der Waals surface area (Å²) in [7, 11) is 0. The summed E-state index contributed by atoms with van der Waals surface area (Å²) in [6.07, 6.45) is -3.36. The molecule has 1 N–H and O–H groups in total. The van der Waals surface area contributed by atoms with E-state index >= 15 is 0 Å². The Morgan fingerprint density at radius 3 is 2.50 bits per heavy atom. The van der Waals surface area contributed by atoms with Crippen molar-refractivity contribution in [2.45, 2.75) is 6.43 Å². The van der Waals surface area contributed by atoms with Gasteiger partial charge in [0, 0.05) is 6.07 Å². The normalized spacial score (nSPS) is 10.5. The van der Waals surface area contributed by atoms with Crippen LogP contribution in [0.15, 0.2) is 6.07 Å². The molecule has 0 atom stereocenters. The van der Waals surface area contributed by atoms with Crippen LogP contribution in [0, 0.1) is 16.1 Å². The fourth-order valence-electron chi connectivity index (χ4n) is 1.03. The van der Waals surface area contributed by atoms with Crippen LogP contribution in [0.4, 0.5) is 18.9 Å². The number of nitro groups is 1. The van der Waals surface area contributed by atoms with Gasteiger partial charge >= 0.3 is 11.7 Å². The Bertz CT molecular complexity index is 463. The molecular formula is C7H3F3N2O4. The predicted octanol–water partition coefficient (Wildman–Crippen LogP) is 1.76. The first kappa shape index (κ1) is 11.9. The number of hydrogen-bond acceptors (Lipinski definition) is 4. The van der Waals surface area contributed by atoms with Crippen LogP contribution in [0.2, 0.25) is 0 Å². The summed E-state index contributed by atoms with van der Waals surface area (Å²) in [6, 6.07) is 0.134. The standard InChI is InChI=1S/C7H3F3N2O4/c8-3-1-2(6(9)10)5(12(15)16)4(11-3)7(13)14/h1,6H,(H,13,14). The predicted molar refractivity (Wildman–Crippen MR) is 42.8 cm³/mol. The minimum atomic E-state index is -3.36. The summed E-state index contributed by atoms with van der Waals surface area (Å²) >= 11 is 0. The number of halogens is 3. The van der Waals surface area contributed by atoms with Gasteiger partial charge in [-0.25, -0.2) is 18.6 Å².